The molecule has 4 heteroatoms. The third kappa shape index (κ3) is 2.22. The van der Waals surface area contributed by atoms with E-state index in [2.05, 4.69) is 28.7 Å². The second kappa shape index (κ2) is 4.61. The van der Waals surface area contributed by atoms with Crippen LogP contribution in [0, 0.1) is 5.82 Å². The summed E-state index contributed by atoms with van der Waals surface area (Å²) < 4.78 is 13.0. The van der Waals surface area contributed by atoms with Crippen molar-refractivity contribution in [1.82, 2.24) is 14.9 Å². The van der Waals surface area contributed by atoms with Gasteiger partial charge in [0.2, 0.25) is 0 Å². The molecule has 0 spiro atoms. The Morgan fingerprint density at radius 2 is 2.06 bits per heavy atom. The van der Waals surface area contributed by atoms with E-state index in [1.807, 2.05) is 0 Å². The number of nitrogens with one attached hydrogen (secondary N) is 1. The molecule has 0 atom stereocenters. The maximum absolute atomic E-state index is 13.0. The van der Waals surface area contributed by atoms with Gasteiger partial charge in [-0.15, -0.1) is 0 Å². The van der Waals surface area contributed by atoms with Gasteiger partial charge in [-0.2, -0.15) is 0 Å². The minimum atomic E-state index is -0.231. The second-order valence-electron chi connectivity index (χ2n) is 3.81. The zero-order chi connectivity index (χ0) is 11.5. The Kier molecular flexibility index (Phi) is 3.19. The summed E-state index contributed by atoms with van der Waals surface area (Å²) in [6.07, 6.45) is 0. The number of H-pyrrole nitrogens is 1. The Morgan fingerprint density at radius 1 is 1.31 bits per heavy atom. The topological polar surface area (TPSA) is 31.9 Å². The Balaban J connectivity index is 2.25. The maximum atomic E-state index is 13.0. The van der Waals surface area contributed by atoms with Gasteiger partial charge in [-0.05, 0) is 31.3 Å². The smallest absolute Gasteiger partial charge is 0.125 e. The molecule has 2 aromatic rings. The molecule has 0 aliphatic carbocycles. The summed E-state index contributed by atoms with van der Waals surface area (Å²) in [5.74, 6) is 0.662. The molecule has 16 heavy (non-hydrogen) atoms. The van der Waals surface area contributed by atoms with Crippen LogP contribution in [-0.4, -0.2) is 28.0 Å². The molecule has 0 saturated carbocycles. The summed E-state index contributed by atoms with van der Waals surface area (Å²) in [6.45, 7) is 6.99. The maximum Gasteiger partial charge on any atom is 0.125 e. The van der Waals surface area contributed by atoms with Crippen molar-refractivity contribution in [2.45, 2.75) is 20.4 Å². The monoisotopic (exact) mass is 221 g/mol. The molecule has 0 amide bonds. The third-order valence-corrected chi connectivity index (χ3v) is 2.76. The molecule has 0 fully saturated rings. The highest BCUT2D eigenvalue weighted by atomic mass is 19.1. The van der Waals surface area contributed by atoms with Crippen LogP contribution < -0.4 is 0 Å². The average Bonchev–Trinajstić information content (AvgIpc) is 2.67. The predicted octanol–water partition coefficient (Wildman–Crippen LogP) is 2.54. The Hall–Kier alpha value is -1.42. The van der Waals surface area contributed by atoms with Crippen LogP contribution in [-0.2, 0) is 6.54 Å². The van der Waals surface area contributed by atoms with Crippen molar-refractivity contribution >= 4 is 11.0 Å². The summed E-state index contributed by atoms with van der Waals surface area (Å²) in [4.78, 5) is 9.83. The molecular formula is C12H16FN3. The largest absolute Gasteiger partial charge is 0.341 e. The lowest BCUT2D eigenvalue weighted by atomic mass is 10.3. The zero-order valence-electron chi connectivity index (χ0n) is 9.63. The van der Waals surface area contributed by atoms with Crippen LogP contribution in [0.25, 0.3) is 11.0 Å². The van der Waals surface area contributed by atoms with Gasteiger partial charge in [-0.25, -0.2) is 9.37 Å². The zero-order valence-corrected chi connectivity index (χ0v) is 9.63. The number of rotatable bonds is 4. The van der Waals surface area contributed by atoms with Gasteiger partial charge in [-0.3, -0.25) is 4.90 Å². The Labute approximate surface area is 94.3 Å². The van der Waals surface area contributed by atoms with Crippen molar-refractivity contribution in [2.75, 3.05) is 13.1 Å². The SMILES string of the molecule is CCN(CC)Cc1nc2ccc(F)cc2[nH]1. The first-order valence-corrected chi connectivity index (χ1v) is 5.59. The second-order valence-corrected chi connectivity index (χ2v) is 3.81. The number of fused-ring (bicyclic) bond motifs is 1. The fraction of sp³-hybridized carbons (Fsp3) is 0.417. The highest BCUT2D eigenvalue weighted by Gasteiger charge is 2.06. The van der Waals surface area contributed by atoms with Crippen LogP contribution >= 0.6 is 0 Å². The summed E-state index contributed by atoms with van der Waals surface area (Å²) in [5.41, 5.74) is 1.59. The van der Waals surface area contributed by atoms with Crippen molar-refractivity contribution in [2.24, 2.45) is 0 Å². The predicted molar refractivity (Wildman–Crippen MR) is 62.7 cm³/mol. The molecule has 1 N–H and O–H groups in total. The molecule has 0 bridgehead atoms. The van der Waals surface area contributed by atoms with Gasteiger partial charge in [0.05, 0.1) is 17.6 Å². The molecule has 0 saturated heterocycles. The lowest BCUT2D eigenvalue weighted by Crippen LogP contribution is -2.22. The van der Waals surface area contributed by atoms with Crippen LogP contribution in [0.2, 0.25) is 0 Å². The normalized spacial score (nSPS) is 11.5. The number of hydrogen-bond donors (Lipinski definition) is 1. The first kappa shape index (κ1) is 11.1. The van der Waals surface area contributed by atoms with Crippen LogP contribution in [0.5, 0.6) is 0 Å². The molecule has 86 valence electrons. The molecule has 0 aliphatic heterocycles. The molecule has 1 aromatic heterocycles. The number of benzene rings is 1. The molecular weight excluding hydrogens is 205 g/mol. The van der Waals surface area contributed by atoms with Crippen LogP contribution in [0.1, 0.15) is 19.7 Å². The van der Waals surface area contributed by atoms with Gasteiger partial charge in [0.1, 0.15) is 11.6 Å². The first-order chi connectivity index (χ1) is 7.72. The summed E-state index contributed by atoms with van der Waals surface area (Å²) in [6, 6.07) is 4.62. The lowest BCUT2D eigenvalue weighted by Gasteiger charge is -2.15. The lowest BCUT2D eigenvalue weighted by molar-refractivity contribution is 0.289. The Bertz CT molecular complexity index is 474. The quantitative estimate of drug-likeness (QED) is 0.860. The van der Waals surface area contributed by atoms with Crippen molar-refractivity contribution in [3.8, 4) is 0 Å². The molecule has 0 aliphatic rings. The number of halogens is 1. The summed E-state index contributed by atoms with van der Waals surface area (Å²) in [5, 5.41) is 0. The van der Waals surface area contributed by atoms with Crippen LogP contribution in [0.4, 0.5) is 4.39 Å². The van der Waals surface area contributed by atoms with E-state index in [0.717, 1.165) is 36.5 Å². The van der Waals surface area contributed by atoms with Gasteiger partial charge in [0.25, 0.3) is 0 Å². The fourth-order valence-corrected chi connectivity index (χ4v) is 1.77. The summed E-state index contributed by atoms with van der Waals surface area (Å²) in [7, 11) is 0. The van der Waals surface area contributed by atoms with E-state index >= 15 is 0 Å². The number of aromatic nitrogens is 2. The highest BCUT2D eigenvalue weighted by Crippen LogP contribution is 2.13. The molecule has 0 radical (unpaired) electrons. The first-order valence-electron chi connectivity index (χ1n) is 5.59. The number of nitrogens with zero attached hydrogens (tertiary/aromatic N) is 2. The molecule has 3 nitrogen and oxygen atoms in total. The minimum Gasteiger partial charge on any atom is -0.341 e. The molecule has 1 aromatic carbocycles. The highest BCUT2D eigenvalue weighted by molar-refractivity contribution is 5.74. The van der Waals surface area contributed by atoms with Crippen LogP contribution in [0.15, 0.2) is 18.2 Å². The summed E-state index contributed by atoms with van der Waals surface area (Å²) >= 11 is 0. The Morgan fingerprint density at radius 3 is 2.75 bits per heavy atom. The number of imidazole rings is 1. The fourth-order valence-electron chi connectivity index (χ4n) is 1.77. The third-order valence-electron chi connectivity index (χ3n) is 2.76. The number of hydrogen-bond acceptors (Lipinski definition) is 2. The van der Waals surface area contributed by atoms with E-state index < -0.39 is 0 Å². The van der Waals surface area contributed by atoms with Crippen molar-refractivity contribution < 1.29 is 4.39 Å². The van der Waals surface area contributed by atoms with Crippen molar-refractivity contribution in [3.05, 3.63) is 29.8 Å². The molecule has 0 unspecified atom stereocenters. The van der Waals surface area contributed by atoms with Crippen molar-refractivity contribution in [1.29, 1.82) is 0 Å². The van der Waals surface area contributed by atoms with E-state index in [1.54, 1.807) is 6.07 Å². The molecule has 2 rings (SSSR count). The van der Waals surface area contributed by atoms with Gasteiger partial charge in [0.15, 0.2) is 0 Å². The molecule has 1 heterocycles. The van der Waals surface area contributed by atoms with Gasteiger partial charge in [0, 0.05) is 0 Å². The van der Waals surface area contributed by atoms with E-state index in [4.69, 9.17) is 0 Å². The minimum absolute atomic E-state index is 0.231. The van der Waals surface area contributed by atoms with Crippen LogP contribution in [0.3, 0.4) is 0 Å². The van der Waals surface area contributed by atoms with E-state index in [-0.39, 0.29) is 5.82 Å². The van der Waals surface area contributed by atoms with Gasteiger partial charge >= 0.3 is 0 Å². The number of aromatic amines is 1. The standard InChI is InChI=1S/C12H16FN3/c1-3-16(4-2)8-12-14-10-6-5-9(13)7-11(10)15-12/h5-7H,3-4,8H2,1-2H3,(H,14,15). The van der Waals surface area contributed by atoms with Gasteiger partial charge < -0.3 is 4.98 Å². The van der Waals surface area contributed by atoms with Crippen molar-refractivity contribution in [3.63, 3.8) is 0 Å². The van der Waals surface area contributed by atoms with Gasteiger partial charge in [-0.1, -0.05) is 13.8 Å². The van der Waals surface area contributed by atoms with E-state index in [1.165, 1.54) is 12.1 Å². The average molecular weight is 221 g/mol. The van der Waals surface area contributed by atoms with E-state index in [0.29, 0.717) is 0 Å². The van der Waals surface area contributed by atoms with E-state index in [9.17, 15) is 4.39 Å².